The van der Waals surface area contributed by atoms with E-state index in [-0.39, 0.29) is 17.0 Å². The quantitative estimate of drug-likeness (QED) is 0.546. The van der Waals surface area contributed by atoms with Crippen LogP contribution in [0.15, 0.2) is 53.7 Å². The Morgan fingerprint density at radius 2 is 1.96 bits per heavy atom. The third kappa shape index (κ3) is 3.10. The second kappa shape index (κ2) is 6.45. The van der Waals surface area contributed by atoms with E-state index in [0.717, 1.165) is 15.2 Å². The van der Waals surface area contributed by atoms with E-state index in [1.54, 1.807) is 18.3 Å². The average molecular weight is 372 g/mol. The number of amides is 1. The smallest absolute Gasteiger partial charge is 0.237 e. The van der Waals surface area contributed by atoms with E-state index in [4.69, 9.17) is 0 Å². The summed E-state index contributed by atoms with van der Waals surface area (Å²) in [6.45, 7) is 1.80. The Labute approximate surface area is 150 Å². The van der Waals surface area contributed by atoms with Crippen molar-refractivity contribution in [2.75, 3.05) is 5.32 Å². The molecule has 1 amide bonds. The Hall–Kier alpha value is -2.45. The van der Waals surface area contributed by atoms with Crippen LogP contribution in [0.3, 0.4) is 0 Å². The molecule has 4 rings (SSSR count). The second-order valence-electron chi connectivity index (χ2n) is 5.43. The van der Waals surface area contributed by atoms with Gasteiger partial charge in [-0.3, -0.25) is 9.20 Å². The molecule has 0 radical (unpaired) electrons. The van der Waals surface area contributed by atoms with Gasteiger partial charge in [0.05, 0.1) is 15.5 Å². The number of carbonyl (C=O) groups is 1. The highest BCUT2D eigenvalue weighted by Gasteiger charge is 2.20. The molecule has 1 atom stereocenters. The molecule has 0 aliphatic carbocycles. The Kier molecular flexibility index (Phi) is 4.14. The van der Waals surface area contributed by atoms with E-state index in [1.807, 2.05) is 28.7 Å². The third-order valence-corrected chi connectivity index (χ3v) is 5.73. The molecule has 0 spiro atoms. The highest BCUT2D eigenvalue weighted by molar-refractivity contribution is 8.00. The first-order chi connectivity index (χ1) is 12.1. The zero-order valence-electron chi connectivity index (χ0n) is 13.1. The number of para-hydroxylation sites is 1. The van der Waals surface area contributed by atoms with Crippen LogP contribution in [0.1, 0.15) is 6.92 Å². The molecule has 1 unspecified atom stereocenters. The summed E-state index contributed by atoms with van der Waals surface area (Å²) in [5.41, 5.74) is 1.59. The van der Waals surface area contributed by atoms with Gasteiger partial charge in [-0.05, 0) is 43.3 Å². The molecule has 8 heteroatoms. The van der Waals surface area contributed by atoms with E-state index >= 15 is 0 Å². The summed E-state index contributed by atoms with van der Waals surface area (Å²) < 4.78 is 16.0. The number of nitrogens with zero attached hydrogens (tertiary/aromatic N) is 3. The van der Waals surface area contributed by atoms with Crippen LogP contribution in [0, 0.1) is 5.82 Å². The number of carbonyl (C=O) groups excluding carboxylic acids is 1. The second-order valence-corrected chi connectivity index (χ2v) is 7.74. The summed E-state index contributed by atoms with van der Waals surface area (Å²) in [6, 6.07) is 13.7. The van der Waals surface area contributed by atoms with Crippen molar-refractivity contribution in [1.29, 1.82) is 0 Å². The first kappa shape index (κ1) is 16.0. The lowest BCUT2D eigenvalue weighted by Crippen LogP contribution is -2.22. The van der Waals surface area contributed by atoms with Gasteiger partial charge in [-0.1, -0.05) is 35.2 Å². The molecule has 0 fully saturated rings. The van der Waals surface area contributed by atoms with Crippen molar-refractivity contribution >= 4 is 49.9 Å². The number of aromatic nitrogens is 3. The summed E-state index contributed by atoms with van der Waals surface area (Å²) in [4.78, 5) is 13.2. The topological polar surface area (TPSA) is 59.3 Å². The van der Waals surface area contributed by atoms with Crippen LogP contribution in [0.2, 0.25) is 0 Å². The summed E-state index contributed by atoms with van der Waals surface area (Å²) in [5, 5.41) is 11.5. The van der Waals surface area contributed by atoms with E-state index < -0.39 is 0 Å². The van der Waals surface area contributed by atoms with E-state index in [9.17, 15) is 9.18 Å². The Morgan fingerprint density at radius 3 is 2.76 bits per heavy atom. The van der Waals surface area contributed by atoms with Gasteiger partial charge in [-0.25, -0.2) is 4.39 Å². The van der Waals surface area contributed by atoms with Crippen molar-refractivity contribution in [3.63, 3.8) is 0 Å². The van der Waals surface area contributed by atoms with Gasteiger partial charge < -0.3 is 5.32 Å². The van der Waals surface area contributed by atoms with Crippen molar-refractivity contribution in [2.24, 2.45) is 0 Å². The third-order valence-electron chi connectivity index (χ3n) is 3.67. The zero-order chi connectivity index (χ0) is 17.4. The summed E-state index contributed by atoms with van der Waals surface area (Å²) in [6.07, 6.45) is 0. The van der Waals surface area contributed by atoms with Gasteiger partial charge >= 0.3 is 0 Å². The number of thiazole rings is 1. The van der Waals surface area contributed by atoms with Crippen LogP contribution in [0.4, 0.5) is 10.1 Å². The molecular weight excluding hydrogens is 359 g/mol. The van der Waals surface area contributed by atoms with Crippen molar-refractivity contribution in [3.8, 4) is 0 Å². The van der Waals surface area contributed by atoms with E-state index in [0.29, 0.717) is 10.8 Å². The standard InChI is InChI=1S/C17H13FN4OS2/c1-10(15(23)19-12-8-6-11(18)7-9-12)24-16-20-21-17-22(16)13-4-2-3-5-14(13)25-17/h2-10H,1H3,(H,19,23). The van der Waals surface area contributed by atoms with Gasteiger partial charge in [0.25, 0.3) is 0 Å². The molecule has 5 nitrogen and oxygen atoms in total. The SMILES string of the molecule is CC(Sc1nnc2sc3ccccc3n12)C(=O)Nc1ccc(F)cc1. The fraction of sp³-hybridized carbons (Fsp3) is 0.118. The number of fused-ring (bicyclic) bond motifs is 3. The Bertz CT molecular complexity index is 1060. The van der Waals surface area contributed by atoms with Crippen LogP contribution >= 0.6 is 23.1 Å². The first-order valence-electron chi connectivity index (χ1n) is 7.57. The number of rotatable bonds is 4. The van der Waals surface area contributed by atoms with E-state index in [1.165, 1.54) is 36.0 Å². The van der Waals surface area contributed by atoms with Crippen LogP contribution in [0.25, 0.3) is 15.2 Å². The summed E-state index contributed by atoms with van der Waals surface area (Å²) >= 11 is 2.90. The predicted molar refractivity (Wildman–Crippen MR) is 98.7 cm³/mol. The lowest BCUT2D eigenvalue weighted by molar-refractivity contribution is -0.115. The van der Waals surface area contributed by atoms with Gasteiger partial charge in [0.2, 0.25) is 10.9 Å². The molecule has 0 aliphatic rings. The lowest BCUT2D eigenvalue weighted by atomic mass is 10.3. The van der Waals surface area contributed by atoms with Gasteiger partial charge in [0.15, 0.2) is 5.16 Å². The number of benzene rings is 2. The summed E-state index contributed by atoms with van der Waals surface area (Å²) in [5.74, 6) is -0.511. The van der Waals surface area contributed by atoms with Crippen LogP contribution in [-0.4, -0.2) is 25.8 Å². The zero-order valence-corrected chi connectivity index (χ0v) is 14.8. The number of thioether (sulfide) groups is 1. The molecule has 126 valence electrons. The maximum Gasteiger partial charge on any atom is 0.237 e. The fourth-order valence-corrected chi connectivity index (χ4v) is 4.30. The van der Waals surface area contributed by atoms with Crippen LogP contribution in [-0.2, 0) is 4.79 Å². The number of hydrogen-bond acceptors (Lipinski definition) is 5. The minimum atomic E-state index is -0.379. The lowest BCUT2D eigenvalue weighted by Gasteiger charge is -2.10. The molecule has 2 aromatic carbocycles. The molecule has 2 heterocycles. The average Bonchev–Trinajstić information content (AvgIpc) is 3.16. The first-order valence-corrected chi connectivity index (χ1v) is 9.27. The van der Waals surface area contributed by atoms with E-state index in [2.05, 4.69) is 15.5 Å². The molecule has 0 aliphatic heterocycles. The monoisotopic (exact) mass is 372 g/mol. The van der Waals surface area contributed by atoms with Crippen LogP contribution in [0.5, 0.6) is 0 Å². The van der Waals surface area contributed by atoms with Gasteiger partial charge in [0, 0.05) is 5.69 Å². The van der Waals surface area contributed by atoms with Gasteiger partial charge in [0.1, 0.15) is 5.82 Å². The minimum Gasteiger partial charge on any atom is -0.325 e. The van der Waals surface area contributed by atoms with Crippen molar-refractivity contribution in [2.45, 2.75) is 17.3 Å². The Morgan fingerprint density at radius 1 is 1.20 bits per heavy atom. The molecule has 0 saturated carbocycles. The van der Waals surface area contributed by atoms with Crippen molar-refractivity contribution < 1.29 is 9.18 Å². The highest BCUT2D eigenvalue weighted by Crippen LogP contribution is 2.31. The summed E-state index contributed by atoms with van der Waals surface area (Å²) in [7, 11) is 0. The van der Waals surface area contributed by atoms with Gasteiger partial charge in [-0.15, -0.1) is 10.2 Å². The predicted octanol–water partition coefficient (Wildman–Crippen LogP) is 4.20. The normalized spacial score (nSPS) is 12.6. The van der Waals surface area contributed by atoms with Gasteiger partial charge in [-0.2, -0.15) is 0 Å². The maximum atomic E-state index is 12.9. The minimum absolute atomic E-state index is 0.173. The van der Waals surface area contributed by atoms with Crippen LogP contribution < -0.4 is 5.32 Å². The fourth-order valence-electron chi connectivity index (χ4n) is 2.42. The number of anilines is 1. The molecular formula is C17H13FN4OS2. The molecule has 25 heavy (non-hydrogen) atoms. The molecule has 4 aromatic rings. The highest BCUT2D eigenvalue weighted by atomic mass is 32.2. The molecule has 2 aromatic heterocycles. The molecule has 0 saturated heterocycles. The van der Waals surface area contributed by atoms with Crippen molar-refractivity contribution in [3.05, 3.63) is 54.3 Å². The molecule has 1 N–H and O–H groups in total. The number of nitrogens with one attached hydrogen (secondary N) is 1. The largest absolute Gasteiger partial charge is 0.325 e. The number of halogens is 1. The number of hydrogen-bond donors (Lipinski definition) is 1. The molecule has 0 bridgehead atoms. The maximum absolute atomic E-state index is 12.9. The van der Waals surface area contributed by atoms with Crippen molar-refractivity contribution in [1.82, 2.24) is 14.6 Å². The Balaban J connectivity index is 1.56.